The van der Waals surface area contributed by atoms with E-state index in [0.29, 0.717) is 5.92 Å². The van der Waals surface area contributed by atoms with E-state index in [1.807, 2.05) is 12.3 Å². The first-order chi connectivity index (χ1) is 12.4. The molecule has 0 unspecified atom stereocenters. The van der Waals surface area contributed by atoms with Gasteiger partial charge in [0.2, 0.25) is 0 Å². The fourth-order valence-electron chi connectivity index (χ4n) is 3.91. The van der Waals surface area contributed by atoms with Gasteiger partial charge in [-0.1, -0.05) is 54.6 Å². The minimum absolute atomic E-state index is 0.347. The van der Waals surface area contributed by atoms with E-state index in [1.165, 1.54) is 33.5 Å². The molecule has 2 heterocycles. The molecule has 0 atom stereocenters. The quantitative estimate of drug-likeness (QED) is 0.514. The number of hydrogen-bond acceptors (Lipinski definition) is 2. The Kier molecular flexibility index (Phi) is 3.27. The minimum atomic E-state index is 0.347. The maximum absolute atomic E-state index is 4.51. The zero-order chi connectivity index (χ0) is 16.6. The minimum Gasteiger partial charge on any atom is -0.355 e. The molecule has 2 heteroatoms. The van der Waals surface area contributed by atoms with Crippen LogP contribution in [0.2, 0.25) is 0 Å². The van der Waals surface area contributed by atoms with Crippen LogP contribution in [0.5, 0.6) is 0 Å². The highest BCUT2D eigenvalue weighted by atomic mass is 14.9. The number of para-hydroxylation sites is 3. The van der Waals surface area contributed by atoms with Gasteiger partial charge in [-0.3, -0.25) is 4.98 Å². The molecule has 1 aliphatic rings. The fraction of sp³-hybridized carbons (Fsp3) is 0.0870. The SMILES string of the molecule is c1ccc2c(c1)Nc1ccccc1C2Cc1ccnc2ccccc12. The van der Waals surface area contributed by atoms with Crippen LogP contribution in [-0.2, 0) is 6.42 Å². The predicted octanol–water partition coefficient (Wildman–Crippen LogP) is 5.67. The second-order valence-corrected chi connectivity index (χ2v) is 6.54. The molecule has 0 aliphatic carbocycles. The molecule has 5 rings (SSSR count). The highest BCUT2D eigenvalue weighted by Crippen LogP contribution is 2.43. The van der Waals surface area contributed by atoms with Crippen molar-refractivity contribution < 1.29 is 0 Å². The molecule has 1 aliphatic heterocycles. The molecule has 0 spiro atoms. The standard InChI is InChI=1S/C23H18N2/c1-4-10-21-17(7-1)16(13-14-24-21)15-20-18-8-2-5-11-22(18)25-23-12-6-3-9-19(20)23/h1-14,20,25H,15H2. The third kappa shape index (κ3) is 2.38. The molecule has 0 fully saturated rings. The van der Waals surface area contributed by atoms with Crippen molar-refractivity contribution in [2.45, 2.75) is 12.3 Å². The average molecular weight is 322 g/mol. The van der Waals surface area contributed by atoms with Crippen molar-refractivity contribution in [1.82, 2.24) is 4.98 Å². The van der Waals surface area contributed by atoms with Gasteiger partial charge in [0, 0.05) is 28.9 Å². The van der Waals surface area contributed by atoms with Gasteiger partial charge in [-0.05, 0) is 47.4 Å². The van der Waals surface area contributed by atoms with Crippen LogP contribution in [0.1, 0.15) is 22.6 Å². The summed E-state index contributed by atoms with van der Waals surface area (Å²) in [7, 11) is 0. The van der Waals surface area contributed by atoms with Crippen LogP contribution in [-0.4, -0.2) is 4.98 Å². The summed E-state index contributed by atoms with van der Waals surface area (Å²) < 4.78 is 0. The van der Waals surface area contributed by atoms with Gasteiger partial charge < -0.3 is 5.32 Å². The van der Waals surface area contributed by atoms with E-state index in [9.17, 15) is 0 Å². The summed E-state index contributed by atoms with van der Waals surface area (Å²) in [5.41, 5.74) is 7.57. The van der Waals surface area contributed by atoms with Crippen LogP contribution in [0.25, 0.3) is 10.9 Å². The maximum atomic E-state index is 4.51. The number of aromatic nitrogens is 1. The van der Waals surface area contributed by atoms with Gasteiger partial charge >= 0.3 is 0 Å². The Balaban J connectivity index is 1.66. The Morgan fingerprint density at radius 1 is 0.720 bits per heavy atom. The summed E-state index contributed by atoms with van der Waals surface area (Å²) in [6, 6.07) is 27.8. The first kappa shape index (κ1) is 14.2. The van der Waals surface area contributed by atoms with Crippen LogP contribution in [0, 0.1) is 0 Å². The molecule has 25 heavy (non-hydrogen) atoms. The molecule has 0 amide bonds. The van der Waals surface area contributed by atoms with Gasteiger partial charge in [0.05, 0.1) is 5.52 Å². The van der Waals surface area contributed by atoms with Crippen molar-refractivity contribution in [3.63, 3.8) is 0 Å². The highest BCUT2D eigenvalue weighted by Gasteiger charge is 2.25. The monoisotopic (exact) mass is 322 g/mol. The van der Waals surface area contributed by atoms with Gasteiger partial charge in [-0.2, -0.15) is 0 Å². The zero-order valence-electron chi connectivity index (χ0n) is 13.8. The van der Waals surface area contributed by atoms with Gasteiger partial charge in [0.15, 0.2) is 0 Å². The van der Waals surface area contributed by atoms with Gasteiger partial charge in [0.1, 0.15) is 0 Å². The molecular weight excluding hydrogens is 304 g/mol. The number of pyridine rings is 1. The molecule has 0 bridgehead atoms. The Hall–Kier alpha value is -3.13. The summed E-state index contributed by atoms with van der Waals surface area (Å²) in [5, 5.41) is 4.83. The fourth-order valence-corrected chi connectivity index (χ4v) is 3.91. The molecule has 3 aromatic carbocycles. The number of benzene rings is 3. The second-order valence-electron chi connectivity index (χ2n) is 6.54. The molecular formula is C23H18N2. The van der Waals surface area contributed by atoms with Crippen LogP contribution in [0.4, 0.5) is 11.4 Å². The third-order valence-corrected chi connectivity index (χ3v) is 5.11. The van der Waals surface area contributed by atoms with Gasteiger partial charge in [-0.15, -0.1) is 0 Å². The average Bonchev–Trinajstić information content (AvgIpc) is 2.68. The third-order valence-electron chi connectivity index (χ3n) is 5.11. The molecule has 120 valence electrons. The molecule has 1 aromatic heterocycles. The smallest absolute Gasteiger partial charge is 0.0704 e. The molecule has 0 radical (unpaired) electrons. The summed E-state index contributed by atoms with van der Waals surface area (Å²) in [6.07, 6.45) is 2.90. The first-order valence-electron chi connectivity index (χ1n) is 8.68. The van der Waals surface area contributed by atoms with E-state index in [0.717, 1.165) is 11.9 Å². The molecule has 0 saturated heterocycles. The lowest BCUT2D eigenvalue weighted by molar-refractivity contribution is 0.804. The van der Waals surface area contributed by atoms with Crippen LogP contribution < -0.4 is 5.32 Å². The normalized spacial score (nSPS) is 13.1. The Labute approximate surface area is 147 Å². The largest absolute Gasteiger partial charge is 0.355 e. The number of rotatable bonds is 2. The first-order valence-corrected chi connectivity index (χ1v) is 8.68. The van der Waals surface area contributed by atoms with Crippen LogP contribution >= 0.6 is 0 Å². The highest BCUT2D eigenvalue weighted by molar-refractivity contribution is 5.82. The van der Waals surface area contributed by atoms with E-state index < -0.39 is 0 Å². The molecule has 2 nitrogen and oxygen atoms in total. The topological polar surface area (TPSA) is 24.9 Å². The van der Waals surface area contributed by atoms with Crippen molar-refractivity contribution in [2.24, 2.45) is 0 Å². The summed E-state index contributed by atoms with van der Waals surface area (Å²) in [5.74, 6) is 0.347. The number of anilines is 2. The number of nitrogens with zero attached hydrogens (tertiary/aromatic N) is 1. The van der Waals surface area contributed by atoms with E-state index in [-0.39, 0.29) is 0 Å². The maximum Gasteiger partial charge on any atom is 0.0704 e. The molecule has 1 N–H and O–H groups in total. The van der Waals surface area contributed by atoms with Crippen molar-refractivity contribution in [1.29, 1.82) is 0 Å². The summed E-state index contributed by atoms with van der Waals surface area (Å²) in [6.45, 7) is 0. The van der Waals surface area contributed by atoms with E-state index >= 15 is 0 Å². The Morgan fingerprint density at radius 3 is 2.12 bits per heavy atom. The summed E-state index contributed by atoms with van der Waals surface area (Å²) in [4.78, 5) is 4.51. The predicted molar refractivity (Wildman–Crippen MR) is 103 cm³/mol. The van der Waals surface area contributed by atoms with E-state index in [4.69, 9.17) is 0 Å². The van der Waals surface area contributed by atoms with Crippen LogP contribution in [0.3, 0.4) is 0 Å². The number of nitrogens with one attached hydrogen (secondary N) is 1. The lowest BCUT2D eigenvalue weighted by Crippen LogP contribution is -2.15. The number of fused-ring (bicyclic) bond motifs is 3. The van der Waals surface area contributed by atoms with E-state index in [2.05, 4.69) is 83.1 Å². The van der Waals surface area contributed by atoms with E-state index in [1.54, 1.807) is 0 Å². The Morgan fingerprint density at radius 2 is 1.36 bits per heavy atom. The van der Waals surface area contributed by atoms with Crippen molar-refractivity contribution in [3.05, 3.63) is 102 Å². The van der Waals surface area contributed by atoms with Crippen molar-refractivity contribution in [2.75, 3.05) is 5.32 Å². The Bertz CT molecular complexity index is 1020. The van der Waals surface area contributed by atoms with Crippen molar-refractivity contribution >= 4 is 22.3 Å². The second kappa shape index (κ2) is 5.75. The molecule has 4 aromatic rings. The zero-order valence-corrected chi connectivity index (χ0v) is 13.8. The lowest BCUT2D eigenvalue weighted by Gasteiger charge is -2.29. The lowest BCUT2D eigenvalue weighted by atomic mass is 9.81. The van der Waals surface area contributed by atoms with Gasteiger partial charge in [-0.25, -0.2) is 0 Å². The summed E-state index contributed by atoms with van der Waals surface area (Å²) >= 11 is 0. The number of hydrogen-bond donors (Lipinski definition) is 1. The van der Waals surface area contributed by atoms with Crippen LogP contribution in [0.15, 0.2) is 85.1 Å². The van der Waals surface area contributed by atoms with Gasteiger partial charge in [0.25, 0.3) is 0 Å². The van der Waals surface area contributed by atoms with Crippen molar-refractivity contribution in [3.8, 4) is 0 Å². The molecule has 0 saturated carbocycles.